The van der Waals surface area contributed by atoms with Gasteiger partial charge in [-0.1, -0.05) is 95.9 Å². The second-order valence-electron chi connectivity index (χ2n) is 11.6. The quantitative estimate of drug-likeness (QED) is 0.221. The minimum absolute atomic E-state index is 0.0830. The van der Waals surface area contributed by atoms with E-state index in [0.717, 1.165) is 37.4 Å². The van der Waals surface area contributed by atoms with Gasteiger partial charge >= 0.3 is 0 Å². The Morgan fingerprint density at radius 1 is 1.06 bits per heavy atom. The Bertz CT molecular complexity index is 1050. The lowest BCUT2D eigenvalue weighted by molar-refractivity contribution is -0.104. The van der Waals surface area contributed by atoms with Gasteiger partial charge in [0.2, 0.25) is 0 Å². The Kier molecular flexibility index (Phi) is 10.1. The van der Waals surface area contributed by atoms with Gasteiger partial charge in [-0.15, -0.1) is 0 Å². The summed E-state index contributed by atoms with van der Waals surface area (Å²) in [6.07, 6.45) is 20.6. The normalized spacial score (nSPS) is 31.2. The first-order valence-electron chi connectivity index (χ1n) is 14.5. The molecular formula is C34H49NO. The smallest absolute Gasteiger partial charge is 0.142 e. The van der Waals surface area contributed by atoms with Gasteiger partial charge in [-0.3, -0.25) is 9.78 Å². The highest BCUT2D eigenvalue weighted by molar-refractivity contribution is 5.84. The van der Waals surface area contributed by atoms with Gasteiger partial charge in [-0.2, -0.15) is 0 Å². The highest BCUT2D eigenvalue weighted by atomic mass is 16.1. The Morgan fingerprint density at radius 3 is 2.50 bits per heavy atom. The average Bonchev–Trinajstić information content (AvgIpc) is 2.88. The van der Waals surface area contributed by atoms with Crippen molar-refractivity contribution in [1.29, 1.82) is 0 Å². The molecule has 5 unspecified atom stereocenters. The van der Waals surface area contributed by atoms with Crippen LogP contribution in [0.1, 0.15) is 98.6 Å². The standard InChI is InChI=1S/C22H36O.C12H13N/c1-6-9-19-18-11-10-17(13-16-23)22(5,14-7-2)20(18)12-15-21(19,4)8-3;1-2-5-12-11-7-4-3-6-10(11)8-9-13-12/h7,13-14,16,18-20H,6,8-12,15H2,1-5H3;3-4,6-9H,2,5H2,1H3/b14-7-,17-13-;. The Balaban J connectivity index is 0.000000233. The van der Waals surface area contributed by atoms with E-state index in [-0.39, 0.29) is 5.41 Å². The van der Waals surface area contributed by atoms with E-state index >= 15 is 0 Å². The number of allylic oxidation sites excluding steroid dienone is 4. The number of nitrogens with zero attached hydrogens (tertiary/aromatic N) is 1. The number of hydrogen-bond donors (Lipinski definition) is 0. The fraction of sp³-hybridized carbons (Fsp3) is 0.588. The number of hydrogen-bond acceptors (Lipinski definition) is 2. The molecular weight excluding hydrogens is 438 g/mol. The Labute approximate surface area is 220 Å². The first kappa shape index (κ1) is 28.4. The van der Waals surface area contributed by atoms with Crippen LogP contribution < -0.4 is 0 Å². The maximum atomic E-state index is 11.1. The van der Waals surface area contributed by atoms with E-state index < -0.39 is 0 Å². The zero-order valence-electron chi connectivity index (χ0n) is 23.7. The fourth-order valence-electron chi connectivity index (χ4n) is 7.51. The number of benzene rings is 1. The summed E-state index contributed by atoms with van der Waals surface area (Å²) < 4.78 is 0. The van der Waals surface area contributed by atoms with Crippen molar-refractivity contribution in [3.05, 3.63) is 66.0 Å². The molecule has 1 aromatic heterocycles. The van der Waals surface area contributed by atoms with Crippen molar-refractivity contribution in [3.8, 4) is 0 Å². The van der Waals surface area contributed by atoms with Crippen molar-refractivity contribution in [2.24, 2.45) is 28.6 Å². The highest BCUT2D eigenvalue weighted by Crippen LogP contribution is 2.61. The van der Waals surface area contributed by atoms with Crippen molar-refractivity contribution >= 4 is 17.1 Å². The molecule has 196 valence electrons. The maximum absolute atomic E-state index is 11.1. The molecule has 5 atom stereocenters. The molecule has 1 aromatic carbocycles. The molecule has 0 bridgehead atoms. The molecule has 2 aliphatic rings. The van der Waals surface area contributed by atoms with Crippen LogP contribution in [0.5, 0.6) is 0 Å². The number of aromatic nitrogens is 1. The summed E-state index contributed by atoms with van der Waals surface area (Å²) >= 11 is 0. The van der Waals surface area contributed by atoms with Crippen LogP contribution in [0.3, 0.4) is 0 Å². The molecule has 2 saturated carbocycles. The topological polar surface area (TPSA) is 30.0 Å². The molecule has 36 heavy (non-hydrogen) atoms. The summed E-state index contributed by atoms with van der Waals surface area (Å²) in [6, 6.07) is 10.5. The molecule has 2 heteroatoms. The number of rotatable bonds is 7. The number of aldehydes is 1. The molecule has 2 aliphatic carbocycles. The minimum atomic E-state index is 0.0830. The van der Waals surface area contributed by atoms with Gasteiger partial charge in [0.15, 0.2) is 0 Å². The van der Waals surface area contributed by atoms with Gasteiger partial charge < -0.3 is 0 Å². The fourth-order valence-corrected chi connectivity index (χ4v) is 7.51. The molecule has 0 amide bonds. The monoisotopic (exact) mass is 487 g/mol. The summed E-state index contributed by atoms with van der Waals surface area (Å²) in [5, 5.41) is 2.59. The predicted octanol–water partition coefficient (Wildman–Crippen LogP) is 9.53. The van der Waals surface area contributed by atoms with Crippen LogP contribution in [0, 0.1) is 28.6 Å². The van der Waals surface area contributed by atoms with E-state index in [9.17, 15) is 4.79 Å². The van der Waals surface area contributed by atoms with E-state index in [1.165, 1.54) is 60.6 Å². The molecule has 0 saturated heterocycles. The largest absolute Gasteiger partial charge is 0.299 e. The van der Waals surface area contributed by atoms with Crippen LogP contribution in [0.2, 0.25) is 0 Å². The van der Waals surface area contributed by atoms with Crippen LogP contribution in [0.4, 0.5) is 0 Å². The zero-order valence-corrected chi connectivity index (χ0v) is 23.7. The molecule has 4 rings (SSSR count). The lowest BCUT2D eigenvalue weighted by Crippen LogP contribution is -2.49. The van der Waals surface area contributed by atoms with Crippen molar-refractivity contribution in [1.82, 2.24) is 4.98 Å². The van der Waals surface area contributed by atoms with Crippen molar-refractivity contribution in [3.63, 3.8) is 0 Å². The van der Waals surface area contributed by atoms with Gasteiger partial charge in [0, 0.05) is 22.7 Å². The maximum Gasteiger partial charge on any atom is 0.142 e. The number of pyridine rings is 1. The molecule has 2 fully saturated rings. The van der Waals surface area contributed by atoms with Crippen LogP contribution in [-0.2, 0) is 11.2 Å². The number of carbonyl (C=O) groups excluding carboxylic acids is 1. The lowest BCUT2D eigenvalue weighted by Gasteiger charge is -2.57. The Hall–Kier alpha value is -2.22. The summed E-state index contributed by atoms with van der Waals surface area (Å²) in [7, 11) is 0. The van der Waals surface area contributed by atoms with Crippen LogP contribution in [0.25, 0.3) is 10.8 Å². The number of aryl methyl sites for hydroxylation is 1. The van der Waals surface area contributed by atoms with E-state index in [1.807, 2.05) is 12.3 Å². The minimum Gasteiger partial charge on any atom is -0.299 e. The third-order valence-electron chi connectivity index (χ3n) is 9.60. The van der Waals surface area contributed by atoms with Crippen LogP contribution in [-0.4, -0.2) is 11.3 Å². The lowest BCUT2D eigenvalue weighted by atomic mass is 9.47. The third kappa shape index (κ3) is 5.84. The average molecular weight is 488 g/mol. The van der Waals surface area contributed by atoms with Crippen LogP contribution in [0.15, 0.2) is 60.3 Å². The van der Waals surface area contributed by atoms with Crippen LogP contribution >= 0.6 is 0 Å². The molecule has 2 aromatic rings. The van der Waals surface area contributed by atoms with Crippen molar-refractivity contribution in [2.45, 2.75) is 99.3 Å². The van der Waals surface area contributed by atoms with E-state index in [0.29, 0.717) is 11.3 Å². The van der Waals surface area contributed by atoms with Gasteiger partial charge in [0.05, 0.1) is 0 Å². The molecule has 1 heterocycles. The van der Waals surface area contributed by atoms with E-state index in [4.69, 9.17) is 0 Å². The SMILES string of the molecule is C/C=C\C1(C)/C(=C\C=O)CCC2C(CCC)C(C)(CC)CCC21.CCCc1nccc2ccccc12. The second kappa shape index (κ2) is 12.8. The Morgan fingerprint density at radius 2 is 1.83 bits per heavy atom. The van der Waals surface area contributed by atoms with Gasteiger partial charge in [0.25, 0.3) is 0 Å². The molecule has 0 aliphatic heterocycles. The van der Waals surface area contributed by atoms with Crippen molar-refractivity contribution in [2.75, 3.05) is 0 Å². The van der Waals surface area contributed by atoms with Gasteiger partial charge in [-0.05, 0) is 86.1 Å². The summed E-state index contributed by atoms with van der Waals surface area (Å²) in [4.78, 5) is 15.5. The van der Waals surface area contributed by atoms with Crippen molar-refractivity contribution < 1.29 is 4.79 Å². The summed E-state index contributed by atoms with van der Waals surface area (Å²) in [5.74, 6) is 2.37. The summed E-state index contributed by atoms with van der Waals surface area (Å²) in [5.41, 5.74) is 3.18. The molecule has 0 spiro atoms. The zero-order chi connectivity index (χ0) is 26.2. The van der Waals surface area contributed by atoms with E-state index in [2.05, 4.69) is 89.0 Å². The molecule has 0 N–H and O–H groups in total. The number of fused-ring (bicyclic) bond motifs is 2. The molecule has 2 nitrogen and oxygen atoms in total. The summed E-state index contributed by atoms with van der Waals surface area (Å²) in [6.45, 7) is 13.9. The van der Waals surface area contributed by atoms with Gasteiger partial charge in [0.1, 0.15) is 6.29 Å². The van der Waals surface area contributed by atoms with Gasteiger partial charge in [-0.25, -0.2) is 0 Å². The number of carbonyl (C=O) groups is 1. The predicted molar refractivity (Wildman–Crippen MR) is 155 cm³/mol. The highest BCUT2D eigenvalue weighted by Gasteiger charge is 2.52. The first-order chi connectivity index (χ1) is 17.4. The second-order valence-corrected chi connectivity index (χ2v) is 11.6. The molecule has 0 radical (unpaired) electrons. The van der Waals surface area contributed by atoms with E-state index in [1.54, 1.807) is 0 Å². The first-order valence-corrected chi connectivity index (χ1v) is 14.5. The third-order valence-corrected chi connectivity index (χ3v) is 9.60.